The summed E-state index contributed by atoms with van der Waals surface area (Å²) in [5, 5.41) is 0. The summed E-state index contributed by atoms with van der Waals surface area (Å²) in [5.74, 6) is -2.15. The van der Waals surface area contributed by atoms with Gasteiger partial charge in [0, 0.05) is 29.9 Å². The molecule has 0 spiro atoms. The molecule has 0 fully saturated rings. The number of carbonyl (C=O) groups excluding carboxylic acids is 4. The van der Waals surface area contributed by atoms with Gasteiger partial charge in [0.1, 0.15) is 6.04 Å². The predicted octanol–water partition coefficient (Wildman–Crippen LogP) is 4.12. The fourth-order valence-electron chi connectivity index (χ4n) is 4.94. The zero-order valence-corrected chi connectivity index (χ0v) is 20.7. The lowest BCUT2D eigenvalue weighted by molar-refractivity contribution is -0.151. The Bertz CT molecular complexity index is 1210. The first-order valence-corrected chi connectivity index (χ1v) is 11.8. The Kier molecular flexibility index (Phi) is 6.36. The van der Waals surface area contributed by atoms with E-state index in [0.717, 1.165) is 21.8 Å². The van der Waals surface area contributed by atoms with Crippen molar-refractivity contribution in [2.75, 3.05) is 18.6 Å². The van der Waals surface area contributed by atoms with Crippen molar-refractivity contribution in [3.63, 3.8) is 0 Å². The van der Waals surface area contributed by atoms with Gasteiger partial charge in [0.2, 0.25) is 0 Å². The van der Waals surface area contributed by atoms with Gasteiger partial charge in [-0.3, -0.25) is 19.3 Å². The van der Waals surface area contributed by atoms with Crippen molar-refractivity contribution in [1.29, 1.82) is 0 Å². The zero-order valence-electron chi connectivity index (χ0n) is 20.7. The number of anilines is 1. The van der Waals surface area contributed by atoms with E-state index in [0.29, 0.717) is 0 Å². The van der Waals surface area contributed by atoms with E-state index in [1.165, 1.54) is 6.08 Å². The summed E-state index contributed by atoms with van der Waals surface area (Å²) in [6, 6.07) is 13.3. The number of hydrogen-bond acceptors (Lipinski definition) is 6. The second kappa shape index (κ2) is 9.13. The smallest absolute Gasteiger partial charge is 0.329 e. The SMILES string of the molecule is CC(C)CC(C(=O)OCC(=O)C=C1N(C)c2ccccc2C1(C)C)N1C(=O)c2ccccc2C1=O. The van der Waals surface area contributed by atoms with E-state index in [9.17, 15) is 19.2 Å². The third kappa shape index (κ3) is 4.27. The van der Waals surface area contributed by atoms with Gasteiger partial charge >= 0.3 is 5.97 Å². The lowest BCUT2D eigenvalue weighted by Gasteiger charge is -2.26. The number of amides is 2. The number of benzene rings is 2. The number of esters is 1. The van der Waals surface area contributed by atoms with Crippen LogP contribution in [0.4, 0.5) is 5.69 Å². The van der Waals surface area contributed by atoms with Crippen LogP contribution >= 0.6 is 0 Å². The molecule has 1 atom stereocenters. The minimum absolute atomic E-state index is 0.0149. The molecule has 35 heavy (non-hydrogen) atoms. The zero-order chi connectivity index (χ0) is 25.5. The molecule has 0 radical (unpaired) electrons. The van der Waals surface area contributed by atoms with Crippen LogP contribution in [0, 0.1) is 5.92 Å². The molecule has 4 rings (SSSR count). The van der Waals surface area contributed by atoms with Crippen molar-refractivity contribution >= 4 is 29.3 Å². The van der Waals surface area contributed by atoms with Crippen LogP contribution in [0.15, 0.2) is 60.3 Å². The number of likely N-dealkylation sites (N-methyl/N-ethyl adjacent to an activating group) is 1. The van der Waals surface area contributed by atoms with Crippen molar-refractivity contribution in [1.82, 2.24) is 4.90 Å². The molecule has 0 saturated heterocycles. The van der Waals surface area contributed by atoms with Crippen molar-refractivity contribution in [3.05, 3.63) is 77.0 Å². The molecule has 7 heteroatoms. The molecular weight excluding hydrogens is 444 g/mol. The molecule has 7 nitrogen and oxygen atoms in total. The van der Waals surface area contributed by atoms with E-state index in [-0.39, 0.29) is 34.7 Å². The highest BCUT2D eigenvalue weighted by Crippen LogP contribution is 2.46. The van der Waals surface area contributed by atoms with E-state index in [1.54, 1.807) is 24.3 Å². The molecule has 2 aromatic carbocycles. The molecule has 0 bridgehead atoms. The number of hydrogen-bond donors (Lipinski definition) is 0. The maximum Gasteiger partial charge on any atom is 0.329 e. The predicted molar refractivity (Wildman–Crippen MR) is 132 cm³/mol. The molecule has 2 aliphatic rings. The maximum atomic E-state index is 13.1. The van der Waals surface area contributed by atoms with Gasteiger partial charge in [0.05, 0.1) is 11.1 Å². The van der Waals surface area contributed by atoms with Crippen molar-refractivity contribution in [2.45, 2.75) is 45.6 Å². The lowest BCUT2D eigenvalue weighted by atomic mass is 9.83. The summed E-state index contributed by atoms with van der Waals surface area (Å²) in [7, 11) is 1.90. The Balaban J connectivity index is 1.50. The lowest BCUT2D eigenvalue weighted by Crippen LogP contribution is -2.46. The average Bonchev–Trinajstić information content (AvgIpc) is 3.18. The van der Waals surface area contributed by atoms with Crippen LogP contribution in [0.25, 0.3) is 0 Å². The number of rotatable bonds is 7. The summed E-state index contributed by atoms with van der Waals surface area (Å²) in [4.78, 5) is 54.7. The third-order valence-corrected chi connectivity index (χ3v) is 6.70. The van der Waals surface area contributed by atoms with E-state index >= 15 is 0 Å². The van der Waals surface area contributed by atoms with E-state index in [1.807, 2.05) is 63.9 Å². The normalized spacial score (nSPS) is 18.2. The first-order chi connectivity index (χ1) is 16.5. The molecule has 0 saturated carbocycles. The number of ether oxygens (including phenoxy) is 1. The van der Waals surface area contributed by atoms with Crippen LogP contribution in [-0.2, 0) is 19.7 Å². The summed E-state index contributed by atoms with van der Waals surface area (Å²) in [6.07, 6.45) is 1.75. The first-order valence-electron chi connectivity index (χ1n) is 11.8. The molecule has 0 aliphatic carbocycles. The van der Waals surface area contributed by atoms with Gasteiger partial charge in [-0.2, -0.15) is 0 Å². The van der Waals surface area contributed by atoms with Crippen LogP contribution < -0.4 is 4.90 Å². The second-order valence-corrected chi connectivity index (χ2v) is 9.98. The standard InChI is InChI=1S/C28H30N2O5/c1-17(2)14-23(30-25(32)19-10-6-7-11-20(19)26(30)33)27(34)35-16-18(31)15-24-28(3,4)21-12-8-9-13-22(21)29(24)5/h6-13,15,17,23H,14,16H2,1-5H3. The Labute approximate surface area is 205 Å². The number of para-hydroxylation sites is 1. The highest BCUT2D eigenvalue weighted by atomic mass is 16.5. The monoisotopic (exact) mass is 474 g/mol. The fourth-order valence-corrected chi connectivity index (χ4v) is 4.94. The second-order valence-electron chi connectivity index (χ2n) is 9.98. The molecule has 2 aliphatic heterocycles. The number of nitrogens with zero attached hydrogens (tertiary/aromatic N) is 2. The summed E-state index contributed by atoms with van der Waals surface area (Å²) < 4.78 is 5.37. The van der Waals surface area contributed by atoms with Crippen LogP contribution in [0.1, 0.15) is 60.4 Å². The van der Waals surface area contributed by atoms with Gasteiger partial charge in [-0.05, 0) is 36.1 Å². The Hall–Kier alpha value is -3.74. The first kappa shape index (κ1) is 24.4. The van der Waals surface area contributed by atoms with Gasteiger partial charge in [-0.25, -0.2) is 4.79 Å². The minimum atomic E-state index is -1.10. The van der Waals surface area contributed by atoms with Gasteiger partial charge in [-0.15, -0.1) is 0 Å². The topological polar surface area (TPSA) is 84.0 Å². The minimum Gasteiger partial charge on any atom is -0.456 e. The number of carbonyl (C=O) groups is 4. The Morgan fingerprint density at radius 3 is 2.11 bits per heavy atom. The molecule has 2 amide bonds. The van der Waals surface area contributed by atoms with Gasteiger partial charge in [0.25, 0.3) is 11.8 Å². The molecule has 182 valence electrons. The van der Waals surface area contributed by atoms with Gasteiger partial charge in [0.15, 0.2) is 12.4 Å². The fraction of sp³-hybridized carbons (Fsp3) is 0.357. The van der Waals surface area contributed by atoms with Crippen LogP contribution in [0.5, 0.6) is 0 Å². The largest absolute Gasteiger partial charge is 0.456 e. The number of imide groups is 1. The van der Waals surface area contributed by atoms with Gasteiger partial charge in [-0.1, -0.05) is 58.0 Å². The average molecular weight is 475 g/mol. The number of allylic oxidation sites excluding steroid dienone is 1. The van der Waals surface area contributed by atoms with E-state index in [4.69, 9.17) is 4.74 Å². The number of ketones is 1. The molecule has 2 heterocycles. The van der Waals surface area contributed by atoms with Crippen LogP contribution in [0.3, 0.4) is 0 Å². The molecule has 0 aromatic heterocycles. The van der Waals surface area contributed by atoms with Gasteiger partial charge < -0.3 is 9.64 Å². The Morgan fingerprint density at radius 2 is 1.54 bits per heavy atom. The molecule has 1 unspecified atom stereocenters. The number of fused-ring (bicyclic) bond motifs is 2. The quantitative estimate of drug-likeness (QED) is 0.341. The van der Waals surface area contributed by atoms with Crippen LogP contribution in [0.2, 0.25) is 0 Å². The molecular formula is C28H30N2O5. The van der Waals surface area contributed by atoms with E-state index < -0.39 is 30.4 Å². The summed E-state index contributed by atoms with van der Waals surface area (Å²) >= 11 is 0. The van der Waals surface area contributed by atoms with E-state index in [2.05, 4.69) is 0 Å². The van der Waals surface area contributed by atoms with Crippen LogP contribution in [-0.4, -0.2) is 48.2 Å². The third-order valence-electron chi connectivity index (χ3n) is 6.70. The van der Waals surface area contributed by atoms with Crippen molar-refractivity contribution in [2.24, 2.45) is 5.92 Å². The van der Waals surface area contributed by atoms with Crippen molar-refractivity contribution < 1.29 is 23.9 Å². The summed E-state index contributed by atoms with van der Waals surface area (Å²) in [5.41, 5.74) is 3.10. The highest BCUT2D eigenvalue weighted by molar-refractivity contribution is 6.22. The maximum absolute atomic E-state index is 13.1. The molecule has 2 aromatic rings. The molecule has 0 N–H and O–H groups in total. The van der Waals surface area contributed by atoms with Crippen molar-refractivity contribution in [3.8, 4) is 0 Å². The Morgan fingerprint density at radius 1 is 0.971 bits per heavy atom. The summed E-state index contributed by atoms with van der Waals surface area (Å²) in [6.45, 7) is 7.40. The highest BCUT2D eigenvalue weighted by Gasteiger charge is 2.44.